The van der Waals surface area contributed by atoms with E-state index in [1.54, 1.807) is 0 Å². The molecule has 2 N–H and O–H groups in total. The Morgan fingerprint density at radius 2 is 2.18 bits per heavy atom. The summed E-state index contributed by atoms with van der Waals surface area (Å²) in [5.41, 5.74) is 1.11. The molecule has 1 aliphatic carbocycles. The zero-order valence-corrected chi connectivity index (χ0v) is 12.1. The third-order valence-corrected chi connectivity index (χ3v) is 4.13. The Hall–Kier alpha value is -2.51. The van der Waals surface area contributed by atoms with Gasteiger partial charge in [0.05, 0.1) is 5.69 Å². The van der Waals surface area contributed by atoms with Gasteiger partial charge in [0.15, 0.2) is 5.82 Å². The van der Waals surface area contributed by atoms with Gasteiger partial charge in [0.25, 0.3) is 5.91 Å². The molecule has 0 bridgehead atoms. The van der Waals surface area contributed by atoms with E-state index in [-0.39, 0.29) is 11.7 Å². The molecule has 0 unspecified atom stereocenters. The topological polar surface area (TPSA) is 99.7 Å². The van der Waals surface area contributed by atoms with Crippen molar-refractivity contribution >= 4 is 11.7 Å². The van der Waals surface area contributed by atoms with Crippen molar-refractivity contribution in [3.63, 3.8) is 0 Å². The third-order valence-electron chi connectivity index (χ3n) is 4.13. The summed E-state index contributed by atoms with van der Waals surface area (Å²) in [4.78, 5) is 17.7. The molecular weight excluding hydrogens is 282 g/mol. The van der Waals surface area contributed by atoms with Crippen molar-refractivity contribution in [2.75, 3.05) is 24.5 Å². The second kappa shape index (κ2) is 5.36. The zero-order valence-electron chi connectivity index (χ0n) is 12.1. The van der Waals surface area contributed by atoms with Crippen LogP contribution < -0.4 is 10.2 Å². The van der Waals surface area contributed by atoms with Crippen LogP contribution in [0.1, 0.15) is 35.1 Å². The molecular formula is C14H17N7O. The molecule has 4 rings (SSSR count). The number of carbonyl (C=O) groups is 1. The summed E-state index contributed by atoms with van der Waals surface area (Å²) < 4.78 is 0. The number of aromatic amines is 1. The number of anilines is 1. The van der Waals surface area contributed by atoms with Crippen molar-refractivity contribution in [1.29, 1.82) is 0 Å². The molecule has 2 aromatic heterocycles. The Morgan fingerprint density at radius 1 is 1.32 bits per heavy atom. The fraction of sp³-hybridized carbons (Fsp3) is 0.500. The lowest BCUT2D eigenvalue weighted by Gasteiger charge is -2.39. The van der Waals surface area contributed by atoms with Gasteiger partial charge in [-0.05, 0) is 25.0 Å². The molecule has 0 radical (unpaired) electrons. The van der Waals surface area contributed by atoms with Gasteiger partial charge < -0.3 is 10.2 Å². The van der Waals surface area contributed by atoms with E-state index in [1.165, 1.54) is 19.2 Å². The minimum absolute atomic E-state index is 0.218. The number of amides is 1. The summed E-state index contributed by atoms with van der Waals surface area (Å²) in [5, 5.41) is 17.7. The van der Waals surface area contributed by atoms with E-state index >= 15 is 0 Å². The van der Waals surface area contributed by atoms with Crippen LogP contribution in [0, 0.1) is 5.92 Å². The van der Waals surface area contributed by atoms with Crippen LogP contribution in [0.5, 0.6) is 0 Å². The number of nitrogens with one attached hydrogen (secondary N) is 2. The predicted molar refractivity (Wildman–Crippen MR) is 78.4 cm³/mol. The Bertz CT molecular complexity index is 644. The van der Waals surface area contributed by atoms with Crippen LogP contribution in [0.15, 0.2) is 18.5 Å². The second-order valence-corrected chi connectivity index (χ2v) is 5.91. The maximum absolute atomic E-state index is 11.7. The standard InChI is InChI=1S/C14H17N7O/c22-14(13-16-8-17-20-13)15-5-9-6-21(7-9)12-4-3-11(18-19-12)10-1-2-10/h3-4,8-10H,1-2,5-7H2,(H,15,22)(H,16,17,20). The number of H-pyrrole nitrogens is 1. The lowest BCUT2D eigenvalue weighted by molar-refractivity contribution is 0.0934. The highest BCUT2D eigenvalue weighted by Gasteiger charge is 2.30. The van der Waals surface area contributed by atoms with Crippen molar-refractivity contribution < 1.29 is 4.79 Å². The first-order valence-corrected chi connectivity index (χ1v) is 7.52. The van der Waals surface area contributed by atoms with Gasteiger partial charge in [-0.1, -0.05) is 0 Å². The Balaban J connectivity index is 1.24. The van der Waals surface area contributed by atoms with Crippen molar-refractivity contribution in [3.05, 3.63) is 30.0 Å². The minimum Gasteiger partial charge on any atom is -0.354 e. The summed E-state index contributed by atoms with van der Waals surface area (Å²) in [6, 6.07) is 4.13. The summed E-state index contributed by atoms with van der Waals surface area (Å²) in [6.45, 7) is 2.39. The molecule has 1 saturated carbocycles. The molecule has 2 fully saturated rings. The van der Waals surface area contributed by atoms with Crippen LogP contribution in [-0.4, -0.2) is 50.9 Å². The summed E-state index contributed by atoms with van der Waals surface area (Å²) in [7, 11) is 0. The number of hydrogen-bond donors (Lipinski definition) is 2. The predicted octanol–water partition coefficient (Wildman–Crippen LogP) is 0.338. The maximum Gasteiger partial charge on any atom is 0.288 e. The number of aromatic nitrogens is 5. The highest BCUT2D eigenvalue weighted by molar-refractivity contribution is 5.90. The molecule has 0 atom stereocenters. The molecule has 0 aromatic carbocycles. The first kappa shape index (κ1) is 13.2. The van der Waals surface area contributed by atoms with Crippen LogP contribution in [0.25, 0.3) is 0 Å². The molecule has 0 spiro atoms. The first-order chi connectivity index (χ1) is 10.8. The van der Waals surface area contributed by atoms with Gasteiger partial charge in [-0.3, -0.25) is 9.89 Å². The Labute approximate surface area is 127 Å². The summed E-state index contributed by atoms with van der Waals surface area (Å²) in [5.74, 6) is 2.01. The van der Waals surface area contributed by atoms with Gasteiger partial charge in [0.2, 0.25) is 5.82 Å². The van der Waals surface area contributed by atoms with Crippen LogP contribution in [0.3, 0.4) is 0 Å². The number of rotatable bonds is 5. The highest BCUT2D eigenvalue weighted by Crippen LogP contribution is 2.38. The molecule has 8 nitrogen and oxygen atoms in total. The van der Waals surface area contributed by atoms with Crippen molar-refractivity contribution in [2.24, 2.45) is 5.92 Å². The summed E-state index contributed by atoms with van der Waals surface area (Å²) >= 11 is 0. The van der Waals surface area contributed by atoms with E-state index in [2.05, 4.69) is 41.7 Å². The van der Waals surface area contributed by atoms with Gasteiger partial charge in [-0.2, -0.15) is 10.2 Å². The SMILES string of the molecule is O=C(NCC1CN(c2ccc(C3CC3)nn2)C1)c1ncn[nH]1. The van der Waals surface area contributed by atoms with Crippen molar-refractivity contribution in [1.82, 2.24) is 30.7 Å². The average Bonchev–Trinajstić information content (AvgIpc) is 3.20. The van der Waals surface area contributed by atoms with E-state index in [9.17, 15) is 4.79 Å². The van der Waals surface area contributed by atoms with Gasteiger partial charge in [0.1, 0.15) is 6.33 Å². The Kier molecular flexibility index (Phi) is 3.21. The third kappa shape index (κ3) is 2.63. The summed E-state index contributed by atoms with van der Waals surface area (Å²) in [6.07, 6.45) is 3.80. The van der Waals surface area contributed by atoms with Crippen LogP contribution >= 0.6 is 0 Å². The molecule has 8 heteroatoms. The largest absolute Gasteiger partial charge is 0.354 e. The average molecular weight is 299 g/mol. The van der Waals surface area contributed by atoms with Gasteiger partial charge in [-0.25, -0.2) is 4.98 Å². The van der Waals surface area contributed by atoms with E-state index < -0.39 is 0 Å². The smallest absolute Gasteiger partial charge is 0.288 e. The number of hydrogen-bond acceptors (Lipinski definition) is 6. The van der Waals surface area contributed by atoms with Crippen molar-refractivity contribution in [3.8, 4) is 0 Å². The molecule has 1 aliphatic heterocycles. The lowest BCUT2D eigenvalue weighted by atomic mass is 10.0. The van der Waals surface area contributed by atoms with Crippen LogP contribution in [0.4, 0.5) is 5.82 Å². The molecule has 2 aromatic rings. The molecule has 3 heterocycles. The lowest BCUT2D eigenvalue weighted by Crippen LogP contribution is -2.52. The monoisotopic (exact) mass is 299 g/mol. The minimum atomic E-state index is -0.218. The maximum atomic E-state index is 11.7. The zero-order chi connectivity index (χ0) is 14.9. The molecule has 1 amide bonds. The fourth-order valence-corrected chi connectivity index (χ4v) is 2.62. The quantitative estimate of drug-likeness (QED) is 0.826. The fourth-order valence-electron chi connectivity index (χ4n) is 2.62. The van der Waals surface area contributed by atoms with Crippen LogP contribution in [0.2, 0.25) is 0 Å². The van der Waals surface area contributed by atoms with Gasteiger partial charge in [0, 0.05) is 31.5 Å². The van der Waals surface area contributed by atoms with Crippen LogP contribution in [-0.2, 0) is 0 Å². The van der Waals surface area contributed by atoms with E-state index in [0.717, 1.165) is 24.6 Å². The number of nitrogens with zero attached hydrogens (tertiary/aromatic N) is 5. The molecule has 2 aliphatic rings. The van der Waals surface area contributed by atoms with E-state index in [0.29, 0.717) is 18.4 Å². The number of carbonyl (C=O) groups excluding carboxylic acids is 1. The van der Waals surface area contributed by atoms with Gasteiger partial charge >= 0.3 is 0 Å². The second-order valence-electron chi connectivity index (χ2n) is 5.91. The molecule has 22 heavy (non-hydrogen) atoms. The van der Waals surface area contributed by atoms with E-state index in [4.69, 9.17) is 0 Å². The molecule has 114 valence electrons. The van der Waals surface area contributed by atoms with E-state index in [1.807, 2.05) is 6.07 Å². The first-order valence-electron chi connectivity index (χ1n) is 7.52. The normalized spacial score (nSPS) is 18.1. The van der Waals surface area contributed by atoms with Crippen molar-refractivity contribution in [2.45, 2.75) is 18.8 Å². The molecule has 1 saturated heterocycles. The highest BCUT2D eigenvalue weighted by atomic mass is 16.2. The van der Waals surface area contributed by atoms with Gasteiger partial charge in [-0.15, -0.1) is 5.10 Å². The Morgan fingerprint density at radius 3 is 2.82 bits per heavy atom.